The molecule has 0 bridgehead atoms. The van der Waals surface area contributed by atoms with Crippen molar-refractivity contribution >= 4 is 17.7 Å². The molecule has 0 spiro atoms. The van der Waals surface area contributed by atoms with Crippen molar-refractivity contribution in [3.05, 3.63) is 0 Å². The fraction of sp³-hybridized carbons (Fsp3) is 0.909. The number of hydrogen-bond donors (Lipinski definition) is 0. The third-order valence-corrected chi connectivity index (χ3v) is 4.40. The quantitative estimate of drug-likeness (QED) is 0.692. The number of nitrogens with zero attached hydrogens (tertiary/aromatic N) is 1. The van der Waals surface area contributed by atoms with Crippen molar-refractivity contribution in [1.29, 1.82) is 0 Å². The summed E-state index contributed by atoms with van der Waals surface area (Å²) < 4.78 is 5.05. The molecule has 4 heteroatoms. The van der Waals surface area contributed by atoms with E-state index in [2.05, 4.69) is 18.7 Å². The maximum Gasteiger partial charge on any atom is 0.323 e. The number of carbonyl (C=O) groups excluding carboxylic acids is 1. The van der Waals surface area contributed by atoms with Gasteiger partial charge < -0.3 is 4.74 Å². The van der Waals surface area contributed by atoms with Gasteiger partial charge in [-0.15, -0.1) is 0 Å². The summed E-state index contributed by atoms with van der Waals surface area (Å²) in [5.41, 5.74) is 0. The van der Waals surface area contributed by atoms with Crippen LogP contribution in [0, 0.1) is 0 Å². The number of esters is 1. The van der Waals surface area contributed by atoms with Crippen LogP contribution in [-0.2, 0) is 9.53 Å². The van der Waals surface area contributed by atoms with E-state index in [4.69, 9.17) is 4.74 Å². The lowest BCUT2D eigenvalue weighted by Gasteiger charge is -2.40. The van der Waals surface area contributed by atoms with Gasteiger partial charge in [0.2, 0.25) is 0 Å². The average molecular weight is 231 g/mol. The van der Waals surface area contributed by atoms with Gasteiger partial charge in [0.05, 0.1) is 6.61 Å². The zero-order chi connectivity index (χ0) is 11.4. The van der Waals surface area contributed by atoms with E-state index in [0.717, 1.165) is 12.3 Å². The van der Waals surface area contributed by atoms with E-state index in [0.29, 0.717) is 17.9 Å². The molecule has 1 fully saturated rings. The van der Waals surface area contributed by atoms with Gasteiger partial charge in [0.15, 0.2) is 0 Å². The van der Waals surface area contributed by atoms with Crippen LogP contribution in [0.4, 0.5) is 0 Å². The van der Waals surface area contributed by atoms with Gasteiger partial charge in [0.1, 0.15) is 6.04 Å². The minimum absolute atomic E-state index is 0.0940. The molecule has 15 heavy (non-hydrogen) atoms. The molecule has 1 heterocycles. The average Bonchev–Trinajstić information content (AvgIpc) is 2.21. The molecule has 0 saturated carbocycles. The standard InChI is InChI=1S/C11H21NO2S/c1-5-14-11(13)9(3)12-6-7-15-10(4)8(12)2/h8-10H,5-7H2,1-4H3. The molecule has 0 amide bonds. The highest BCUT2D eigenvalue weighted by molar-refractivity contribution is 8.00. The minimum atomic E-state index is -0.108. The lowest BCUT2D eigenvalue weighted by atomic mass is 10.1. The third kappa shape index (κ3) is 3.11. The molecule has 3 nitrogen and oxygen atoms in total. The summed E-state index contributed by atoms with van der Waals surface area (Å²) in [6.45, 7) is 9.65. The van der Waals surface area contributed by atoms with Gasteiger partial charge in [-0.1, -0.05) is 6.92 Å². The molecule has 3 atom stereocenters. The summed E-state index contributed by atoms with van der Waals surface area (Å²) in [6, 6.07) is 0.339. The number of thioether (sulfide) groups is 1. The van der Waals surface area contributed by atoms with Crippen LogP contribution < -0.4 is 0 Å². The van der Waals surface area contributed by atoms with Crippen molar-refractivity contribution in [2.75, 3.05) is 18.9 Å². The Labute approximate surface area is 96.5 Å². The summed E-state index contributed by atoms with van der Waals surface area (Å²) in [5, 5.41) is 0.593. The Morgan fingerprint density at radius 3 is 2.87 bits per heavy atom. The predicted molar refractivity (Wildman–Crippen MR) is 64.2 cm³/mol. The first-order chi connectivity index (χ1) is 7.07. The normalized spacial score (nSPS) is 29.9. The lowest BCUT2D eigenvalue weighted by Crippen LogP contribution is -2.52. The molecular weight excluding hydrogens is 210 g/mol. The molecule has 1 aliphatic rings. The first-order valence-electron chi connectivity index (χ1n) is 5.62. The van der Waals surface area contributed by atoms with Crippen molar-refractivity contribution in [3.8, 4) is 0 Å². The molecular formula is C11H21NO2S. The Morgan fingerprint density at radius 2 is 2.27 bits per heavy atom. The maximum atomic E-state index is 11.6. The van der Waals surface area contributed by atoms with E-state index in [9.17, 15) is 4.79 Å². The molecule has 1 rings (SSSR count). The second kappa shape index (κ2) is 5.75. The smallest absolute Gasteiger partial charge is 0.323 e. The van der Waals surface area contributed by atoms with Crippen molar-refractivity contribution in [2.45, 2.75) is 45.0 Å². The zero-order valence-electron chi connectivity index (χ0n) is 10.0. The van der Waals surface area contributed by atoms with E-state index in [1.807, 2.05) is 25.6 Å². The van der Waals surface area contributed by atoms with Crippen molar-refractivity contribution in [3.63, 3.8) is 0 Å². The molecule has 0 aromatic heterocycles. The van der Waals surface area contributed by atoms with Crippen molar-refractivity contribution < 1.29 is 9.53 Å². The summed E-state index contributed by atoms with van der Waals surface area (Å²) in [7, 11) is 0. The first kappa shape index (κ1) is 12.8. The Balaban J connectivity index is 2.57. The molecule has 88 valence electrons. The Hall–Kier alpha value is -0.220. The number of carbonyl (C=O) groups is 1. The molecule has 0 aromatic carbocycles. The monoisotopic (exact) mass is 231 g/mol. The van der Waals surface area contributed by atoms with Crippen LogP contribution in [0.1, 0.15) is 27.7 Å². The van der Waals surface area contributed by atoms with Gasteiger partial charge in [0.25, 0.3) is 0 Å². The van der Waals surface area contributed by atoms with Crippen LogP contribution in [-0.4, -0.2) is 47.1 Å². The molecule has 0 N–H and O–H groups in total. The van der Waals surface area contributed by atoms with Gasteiger partial charge in [-0.2, -0.15) is 11.8 Å². The second-order valence-corrected chi connectivity index (χ2v) is 5.47. The molecule has 1 aliphatic heterocycles. The SMILES string of the molecule is CCOC(=O)C(C)N1CCSC(C)C1C. The fourth-order valence-electron chi connectivity index (χ4n) is 1.90. The van der Waals surface area contributed by atoms with Crippen LogP contribution in [0.5, 0.6) is 0 Å². The Morgan fingerprint density at radius 1 is 1.60 bits per heavy atom. The predicted octanol–water partition coefficient (Wildman–Crippen LogP) is 1.76. The topological polar surface area (TPSA) is 29.5 Å². The molecule has 1 saturated heterocycles. The lowest BCUT2D eigenvalue weighted by molar-refractivity contribution is -0.149. The Kier molecular flexibility index (Phi) is 4.93. The largest absolute Gasteiger partial charge is 0.465 e. The van der Waals surface area contributed by atoms with E-state index in [-0.39, 0.29) is 12.0 Å². The summed E-state index contributed by atoms with van der Waals surface area (Å²) in [4.78, 5) is 13.9. The van der Waals surface area contributed by atoms with Crippen LogP contribution in [0.25, 0.3) is 0 Å². The van der Waals surface area contributed by atoms with E-state index in [1.165, 1.54) is 0 Å². The number of hydrogen-bond acceptors (Lipinski definition) is 4. The minimum Gasteiger partial charge on any atom is -0.465 e. The van der Waals surface area contributed by atoms with E-state index >= 15 is 0 Å². The third-order valence-electron chi connectivity index (χ3n) is 3.06. The molecule has 0 radical (unpaired) electrons. The highest BCUT2D eigenvalue weighted by Crippen LogP contribution is 2.25. The van der Waals surface area contributed by atoms with Crippen molar-refractivity contribution in [1.82, 2.24) is 4.90 Å². The van der Waals surface area contributed by atoms with Gasteiger partial charge in [-0.3, -0.25) is 9.69 Å². The van der Waals surface area contributed by atoms with Gasteiger partial charge in [-0.25, -0.2) is 0 Å². The highest BCUT2D eigenvalue weighted by Gasteiger charge is 2.32. The summed E-state index contributed by atoms with van der Waals surface area (Å²) in [6.07, 6.45) is 0. The van der Waals surface area contributed by atoms with E-state index < -0.39 is 0 Å². The van der Waals surface area contributed by atoms with Gasteiger partial charge >= 0.3 is 5.97 Å². The van der Waals surface area contributed by atoms with Crippen LogP contribution in [0.3, 0.4) is 0 Å². The van der Waals surface area contributed by atoms with Crippen LogP contribution in [0.15, 0.2) is 0 Å². The molecule has 0 aromatic rings. The molecule has 3 unspecified atom stereocenters. The molecule has 0 aliphatic carbocycles. The Bertz CT molecular complexity index is 223. The number of rotatable bonds is 3. The zero-order valence-corrected chi connectivity index (χ0v) is 10.8. The van der Waals surface area contributed by atoms with Crippen molar-refractivity contribution in [2.24, 2.45) is 0 Å². The fourth-order valence-corrected chi connectivity index (χ4v) is 3.02. The summed E-state index contributed by atoms with van der Waals surface area (Å²) >= 11 is 1.98. The first-order valence-corrected chi connectivity index (χ1v) is 6.66. The number of ether oxygens (including phenoxy) is 1. The van der Waals surface area contributed by atoms with Crippen LogP contribution >= 0.6 is 11.8 Å². The maximum absolute atomic E-state index is 11.6. The highest BCUT2D eigenvalue weighted by atomic mass is 32.2. The van der Waals surface area contributed by atoms with Gasteiger partial charge in [-0.05, 0) is 20.8 Å². The van der Waals surface area contributed by atoms with E-state index in [1.54, 1.807) is 0 Å². The summed E-state index contributed by atoms with van der Waals surface area (Å²) in [5.74, 6) is 1.01. The van der Waals surface area contributed by atoms with Gasteiger partial charge in [0, 0.05) is 23.6 Å². The van der Waals surface area contributed by atoms with Crippen LogP contribution in [0.2, 0.25) is 0 Å². The second-order valence-electron chi connectivity index (χ2n) is 3.98.